The van der Waals surface area contributed by atoms with Crippen molar-refractivity contribution in [2.45, 2.75) is 0 Å². The van der Waals surface area contributed by atoms with Crippen LogP contribution in [0, 0.1) is 11.6 Å². The number of nitrogens with zero attached hydrogens (tertiary/aromatic N) is 3. The van der Waals surface area contributed by atoms with E-state index in [1.54, 1.807) is 18.5 Å². The van der Waals surface area contributed by atoms with E-state index in [1.807, 2.05) is 18.2 Å². The lowest BCUT2D eigenvalue weighted by Crippen LogP contribution is -2.07. The fourth-order valence-electron chi connectivity index (χ4n) is 3.35. The van der Waals surface area contributed by atoms with Crippen LogP contribution in [0.3, 0.4) is 0 Å². The van der Waals surface area contributed by atoms with Gasteiger partial charge in [0.05, 0.1) is 11.1 Å². The average Bonchev–Trinajstić information content (AvgIpc) is 3.16. The van der Waals surface area contributed by atoms with E-state index >= 15 is 0 Å². The number of hydrogen-bond donors (Lipinski definition) is 1. The van der Waals surface area contributed by atoms with E-state index in [-0.39, 0.29) is 5.56 Å². The Balaban J connectivity index is 1.64. The van der Waals surface area contributed by atoms with Gasteiger partial charge in [0.15, 0.2) is 0 Å². The molecule has 0 aliphatic carbocycles. The van der Waals surface area contributed by atoms with E-state index in [0.717, 1.165) is 34.2 Å². The topological polar surface area (TPSA) is 71.5 Å². The molecule has 0 unspecified atom stereocenters. The molecule has 5 nitrogen and oxygen atoms in total. The number of ketones is 1. The lowest BCUT2D eigenvalue weighted by Gasteiger charge is -2.05. The van der Waals surface area contributed by atoms with Crippen molar-refractivity contribution in [3.8, 4) is 11.1 Å². The van der Waals surface area contributed by atoms with E-state index in [9.17, 15) is 13.6 Å². The van der Waals surface area contributed by atoms with Crippen LogP contribution in [0.4, 0.5) is 8.78 Å². The van der Waals surface area contributed by atoms with Gasteiger partial charge in [-0.2, -0.15) is 0 Å². The number of nitrogens with one attached hydrogen (secondary N) is 1. The molecule has 5 rings (SSSR count). The Labute approximate surface area is 163 Å². The van der Waals surface area contributed by atoms with Crippen LogP contribution < -0.4 is 0 Å². The molecule has 29 heavy (non-hydrogen) atoms. The number of hydrogen-bond acceptors (Lipinski definition) is 4. The number of pyridine rings is 1. The lowest BCUT2D eigenvalue weighted by atomic mass is 10.00. The third-order valence-electron chi connectivity index (χ3n) is 4.81. The standard InChI is InChI=1S/C22H12F2N4O/c23-17-2-1-3-18(24)20(17)21(29)16-10-27-22-15(16)6-14(9-26-22)12-4-5-13-8-25-11-28-19(13)7-12/h1-11H,(H,26,27). The Morgan fingerprint density at radius 3 is 2.59 bits per heavy atom. The van der Waals surface area contributed by atoms with Gasteiger partial charge in [0, 0.05) is 40.5 Å². The molecule has 0 saturated heterocycles. The van der Waals surface area contributed by atoms with Gasteiger partial charge in [0.2, 0.25) is 5.78 Å². The highest BCUT2D eigenvalue weighted by Gasteiger charge is 2.22. The highest BCUT2D eigenvalue weighted by molar-refractivity contribution is 6.16. The molecule has 3 heterocycles. The fourth-order valence-corrected chi connectivity index (χ4v) is 3.35. The molecule has 5 aromatic rings. The molecule has 0 radical (unpaired) electrons. The normalized spacial score (nSPS) is 11.2. The third-order valence-corrected chi connectivity index (χ3v) is 4.81. The van der Waals surface area contributed by atoms with E-state index < -0.39 is 23.0 Å². The van der Waals surface area contributed by atoms with Gasteiger partial charge in [-0.15, -0.1) is 0 Å². The lowest BCUT2D eigenvalue weighted by molar-refractivity contribution is 0.103. The first kappa shape index (κ1) is 17.1. The zero-order chi connectivity index (χ0) is 20.0. The SMILES string of the molecule is O=C(c1c(F)cccc1F)c1c[nH]c2ncc(-c3ccc4cncnc4c3)cc12. The van der Waals surface area contributed by atoms with Crippen LogP contribution >= 0.6 is 0 Å². The zero-order valence-corrected chi connectivity index (χ0v) is 14.9. The molecule has 0 spiro atoms. The first-order valence-electron chi connectivity index (χ1n) is 8.78. The van der Waals surface area contributed by atoms with Gasteiger partial charge in [0.1, 0.15) is 23.6 Å². The molecule has 1 N–H and O–H groups in total. The number of carbonyl (C=O) groups is 1. The van der Waals surface area contributed by atoms with E-state index in [0.29, 0.717) is 11.0 Å². The van der Waals surface area contributed by atoms with E-state index in [1.165, 1.54) is 18.6 Å². The molecule has 0 aliphatic rings. The monoisotopic (exact) mass is 386 g/mol. The highest BCUT2D eigenvalue weighted by Crippen LogP contribution is 2.28. The molecule has 0 amide bonds. The summed E-state index contributed by atoms with van der Waals surface area (Å²) in [6.07, 6.45) is 6.28. The van der Waals surface area contributed by atoms with Crippen molar-refractivity contribution in [2.24, 2.45) is 0 Å². The summed E-state index contributed by atoms with van der Waals surface area (Å²) < 4.78 is 28.2. The second kappa shape index (κ2) is 6.56. The molecule has 3 aromatic heterocycles. The summed E-state index contributed by atoms with van der Waals surface area (Å²) in [6.45, 7) is 0. The van der Waals surface area contributed by atoms with Crippen LogP contribution in [0.25, 0.3) is 33.1 Å². The third kappa shape index (κ3) is 2.84. The van der Waals surface area contributed by atoms with Gasteiger partial charge in [-0.05, 0) is 29.8 Å². The van der Waals surface area contributed by atoms with Crippen molar-refractivity contribution in [1.82, 2.24) is 19.9 Å². The van der Waals surface area contributed by atoms with Crippen LogP contribution in [-0.4, -0.2) is 25.7 Å². The molecular formula is C22H12F2N4O. The van der Waals surface area contributed by atoms with Crippen LogP contribution in [0.15, 0.2) is 67.4 Å². The highest BCUT2D eigenvalue weighted by atomic mass is 19.1. The Bertz CT molecular complexity index is 1390. The summed E-state index contributed by atoms with van der Waals surface area (Å²) in [7, 11) is 0. The molecule has 0 bridgehead atoms. The average molecular weight is 386 g/mol. The zero-order valence-electron chi connectivity index (χ0n) is 14.9. The number of aromatic amines is 1. The Morgan fingerprint density at radius 1 is 0.931 bits per heavy atom. The Morgan fingerprint density at radius 2 is 1.76 bits per heavy atom. The summed E-state index contributed by atoms with van der Waals surface area (Å²) in [5.41, 5.74) is 2.40. The molecule has 140 valence electrons. The fraction of sp³-hybridized carbons (Fsp3) is 0. The molecular weight excluding hydrogens is 374 g/mol. The second-order valence-electron chi connectivity index (χ2n) is 6.54. The number of aromatic nitrogens is 4. The Hall–Kier alpha value is -4.00. The van der Waals surface area contributed by atoms with Crippen molar-refractivity contribution >= 4 is 27.7 Å². The minimum Gasteiger partial charge on any atom is -0.345 e. The van der Waals surface area contributed by atoms with Crippen LogP contribution in [-0.2, 0) is 0 Å². The minimum atomic E-state index is -0.900. The minimum absolute atomic E-state index is 0.154. The number of H-pyrrole nitrogens is 1. The molecule has 7 heteroatoms. The largest absolute Gasteiger partial charge is 0.345 e. The summed E-state index contributed by atoms with van der Waals surface area (Å²) in [4.78, 5) is 28.3. The van der Waals surface area contributed by atoms with E-state index in [2.05, 4.69) is 19.9 Å². The Kier molecular flexibility index (Phi) is 3.87. The summed E-state index contributed by atoms with van der Waals surface area (Å²) in [5, 5.41) is 1.38. The van der Waals surface area contributed by atoms with Gasteiger partial charge in [-0.25, -0.2) is 23.7 Å². The molecule has 0 fully saturated rings. The predicted molar refractivity (Wildman–Crippen MR) is 104 cm³/mol. The summed E-state index contributed by atoms with van der Waals surface area (Å²) in [6, 6.07) is 10.8. The van der Waals surface area contributed by atoms with E-state index in [4.69, 9.17) is 0 Å². The van der Waals surface area contributed by atoms with Crippen molar-refractivity contribution in [2.75, 3.05) is 0 Å². The van der Waals surface area contributed by atoms with Crippen molar-refractivity contribution in [1.29, 1.82) is 0 Å². The van der Waals surface area contributed by atoms with Crippen molar-refractivity contribution < 1.29 is 13.6 Å². The van der Waals surface area contributed by atoms with Crippen LogP contribution in [0.2, 0.25) is 0 Å². The maximum Gasteiger partial charge on any atom is 0.201 e. The first-order valence-corrected chi connectivity index (χ1v) is 8.78. The summed E-state index contributed by atoms with van der Waals surface area (Å²) in [5.74, 6) is -2.54. The molecule has 0 atom stereocenters. The van der Waals surface area contributed by atoms with Gasteiger partial charge in [-0.3, -0.25) is 4.79 Å². The van der Waals surface area contributed by atoms with Gasteiger partial charge >= 0.3 is 0 Å². The predicted octanol–water partition coefficient (Wildman–Crippen LogP) is 4.68. The number of carbonyl (C=O) groups excluding carboxylic acids is 1. The number of fused-ring (bicyclic) bond motifs is 2. The number of halogens is 2. The van der Waals surface area contributed by atoms with Crippen LogP contribution in [0.1, 0.15) is 15.9 Å². The number of benzene rings is 2. The van der Waals surface area contributed by atoms with Gasteiger partial charge < -0.3 is 4.98 Å². The van der Waals surface area contributed by atoms with Gasteiger partial charge in [0.25, 0.3) is 0 Å². The molecule has 2 aromatic carbocycles. The molecule has 0 aliphatic heterocycles. The van der Waals surface area contributed by atoms with Gasteiger partial charge in [-0.1, -0.05) is 18.2 Å². The quantitative estimate of drug-likeness (QED) is 0.457. The first-order chi connectivity index (χ1) is 14.1. The smallest absolute Gasteiger partial charge is 0.201 e. The maximum absolute atomic E-state index is 14.1. The van der Waals surface area contributed by atoms with Crippen molar-refractivity contribution in [3.05, 3.63) is 90.1 Å². The van der Waals surface area contributed by atoms with Crippen molar-refractivity contribution in [3.63, 3.8) is 0 Å². The maximum atomic E-state index is 14.1. The number of rotatable bonds is 3. The summed E-state index contributed by atoms with van der Waals surface area (Å²) >= 11 is 0. The second-order valence-corrected chi connectivity index (χ2v) is 6.54. The van der Waals surface area contributed by atoms with Crippen LogP contribution in [0.5, 0.6) is 0 Å². The molecule has 0 saturated carbocycles.